The zero-order valence-electron chi connectivity index (χ0n) is 11.7. The van der Waals surface area contributed by atoms with Crippen LogP contribution in [0.15, 0.2) is 0 Å². The Morgan fingerprint density at radius 3 is 2.71 bits per heavy atom. The minimum Gasteiger partial charge on any atom is -0.393 e. The first-order chi connectivity index (χ1) is 8.24. The summed E-state index contributed by atoms with van der Waals surface area (Å²) in [6, 6.07) is 0. The number of rotatable bonds is 9. The Labute approximate surface area is 107 Å². The Kier molecular flexibility index (Phi) is 7.87. The highest BCUT2D eigenvalue weighted by Gasteiger charge is 2.24. The lowest BCUT2D eigenvalue weighted by molar-refractivity contribution is 0.0353. The predicted octanol–water partition coefficient (Wildman–Crippen LogP) is 3.91. The second-order valence-electron chi connectivity index (χ2n) is 5.58. The lowest BCUT2D eigenvalue weighted by Crippen LogP contribution is -2.17. The highest BCUT2D eigenvalue weighted by Crippen LogP contribution is 2.28. The molecule has 2 nitrogen and oxygen atoms in total. The SMILES string of the molecule is CCCCCCC(C)OCCC1CCCC1O. The number of hydrogen-bond donors (Lipinski definition) is 1. The Balaban J connectivity index is 1.94. The number of unbranched alkanes of at least 4 members (excludes halogenated alkanes) is 3. The van der Waals surface area contributed by atoms with Crippen molar-refractivity contribution in [3.63, 3.8) is 0 Å². The molecule has 0 heterocycles. The van der Waals surface area contributed by atoms with E-state index in [1.165, 1.54) is 44.9 Å². The molecule has 1 N–H and O–H groups in total. The van der Waals surface area contributed by atoms with Crippen LogP contribution >= 0.6 is 0 Å². The molecule has 1 rings (SSSR count). The third-order valence-electron chi connectivity index (χ3n) is 3.97. The lowest BCUT2D eigenvalue weighted by atomic mass is 10.0. The van der Waals surface area contributed by atoms with Gasteiger partial charge < -0.3 is 9.84 Å². The Morgan fingerprint density at radius 1 is 1.24 bits per heavy atom. The summed E-state index contributed by atoms with van der Waals surface area (Å²) in [5.41, 5.74) is 0. The Morgan fingerprint density at radius 2 is 2.06 bits per heavy atom. The van der Waals surface area contributed by atoms with Gasteiger partial charge >= 0.3 is 0 Å². The summed E-state index contributed by atoms with van der Waals surface area (Å²) in [6.45, 7) is 5.25. The third-order valence-corrected chi connectivity index (χ3v) is 3.97. The molecule has 0 amide bonds. The third kappa shape index (κ3) is 6.42. The molecule has 0 bridgehead atoms. The van der Waals surface area contributed by atoms with E-state index in [0.717, 1.165) is 19.4 Å². The van der Waals surface area contributed by atoms with Crippen molar-refractivity contribution in [1.29, 1.82) is 0 Å². The van der Waals surface area contributed by atoms with Crippen LogP contribution in [0.3, 0.4) is 0 Å². The fourth-order valence-electron chi connectivity index (χ4n) is 2.72. The van der Waals surface area contributed by atoms with E-state index in [-0.39, 0.29) is 6.10 Å². The molecule has 3 unspecified atom stereocenters. The average molecular weight is 242 g/mol. The summed E-state index contributed by atoms with van der Waals surface area (Å²) in [7, 11) is 0. The van der Waals surface area contributed by atoms with Crippen molar-refractivity contribution in [3.05, 3.63) is 0 Å². The molecule has 1 aliphatic carbocycles. The first kappa shape index (κ1) is 15.0. The van der Waals surface area contributed by atoms with Gasteiger partial charge in [0.15, 0.2) is 0 Å². The average Bonchev–Trinajstić information content (AvgIpc) is 2.71. The predicted molar refractivity (Wildman–Crippen MR) is 72.1 cm³/mol. The number of aliphatic hydroxyl groups excluding tert-OH is 1. The summed E-state index contributed by atoms with van der Waals surface area (Å²) < 4.78 is 5.82. The minimum atomic E-state index is -0.0570. The van der Waals surface area contributed by atoms with Crippen LogP contribution in [-0.2, 0) is 4.74 Å². The van der Waals surface area contributed by atoms with Crippen molar-refractivity contribution in [2.24, 2.45) is 5.92 Å². The zero-order valence-corrected chi connectivity index (χ0v) is 11.7. The molecule has 0 aromatic heterocycles. The van der Waals surface area contributed by atoms with Crippen LogP contribution in [0.2, 0.25) is 0 Å². The van der Waals surface area contributed by atoms with Crippen molar-refractivity contribution < 1.29 is 9.84 Å². The van der Waals surface area contributed by atoms with Gasteiger partial charge in [0.1, 0.15) is 0 Å². The molecule has 17 heavy (non-hydrogen) atoms. The highest BCUT2D eigenvalue weighted by molar-refractivity contribution is 4.76. The molecule has 102 valence electrons. The number of aliphatic hydroxyl groups is 1. The largest absolute Gasteiger partial charge is 0.393 e. The van der Waals surface area contributed by atoms with Gasteiger partial charge in [-0.15, -0.1) is 0 Å². The first-order valence-electron chi connectivity index (χ1n) is 7.53. The van der Waals surface area contributed by atoms with Gasteiger partial charge in [-0.3, -0.25) is 0 Å². The Bertz CT molecular complexity index is 182. The molecular weight excluding hydrogens is 212 g/mol. The van der Waals surface area contributed by atoms with Crippen molar-refractivity contribution in [2.45, 2.75) is 83.8 Å². The molecule has 1 fully saturated rings. The van der Waals surface area contributed by atoms with Gasteiger partial charge in [-0.1, -0.05) is 39.0 Å². The van der Waals surface area contributed by atoms with E-state index >= 15 is 0 Å². The lowest BCUT2D eigenvalue weighted by Gasteiger charge is -2.17. The van der Waals surface area contributed by atoms with Gasteiger partial charge in [-0.25, -0.2) is 0 Å². The van der Waals surface area contributed by atoms with Crippen molar-refractivity contribution in [1.82, 2.24) is 0 Å². The molecule has 0 aromatic carbocycles. The van der Waals surface area contributed by atoms with Crippen LogP contribution in [0.1, 0.15) is 71.6 Å². The van der Waals surface area contributed by atoms with Gasteiger partial charge in [-0.2, -0.15) is 0 Å². The van der Waals surface area contributed by atoms with E-state index in [9.17, 15) is 5.11 Å². The van der Waals surface area contributed by atoms with Crippen LogP contribution in [0, 0.1) is 5.92 Å². The number of ether oxygens (including phenoxy) is 1. The normalized spacial score (nSPS) is 26.3. The van der Waals surface area contributed by atoms with Crippen molar-refractivity contribution in [3.8, 4) is 0 Å². The highest BCUT2D eigenvalue weighted by atomic mass is 16.5. The van der Waals surface area contributed by atoms with Crippen LogP contribution in [-0.4, -0.2) is 23.9 Å². The van der Waals surface area contributed by atoms with E-state index in [1.807, 2.05) is 0 Å². The summed E-state index contributed by atoms with van der Waals surface area (Å²) in [4.78, 5) is 0. The summed E-state index contributed by atoms with van der Waals surface area (Å²) in [5, 5.41) is 9.70. The van der Waals surface area contributed by atoms with Gasteiger partial charge in [-0.05, 0) is 38.5 Å². The van der Waals surface area contributed by atoms with Crippen LogP contribution in [0.4, 0.5) is 0 Å². The van der Waals surface area contributed by atoms with Crippen LogP contribution in [0.25, 0.3) is 0 Å². The summed E-state index contributed by atoms with van der Waals surface area (Å²) in [6.07, 6.45) is 11.2. The molecule has 0 aliphatic heterocycles. The Hall–Kier alpha value is -0.0800. The van der Waals surface area contributed by atoms with Crippen molar-refractivity contribution >= 4 is 0 Å². The molecule has 0 saturated heterocycles. The maximum absolute atomic E-state index is 9.70. The smallest absolute Gasteiger partial charge is 0.0569 e. The fraction of sp³-hybridized carbons (Fsp3) is 1.00. The molecule has 2 heteroatoms. The van der Waals surface area contributed by atoms with Gasteiger partial charge in [0, 0.05) is 6.61 Å². The summed E-state index contributed by atoms with van der Waals surface area (Å²) >= 11 is 0. The number of hydrogen-bond acceptors (Lipinski definition) is 2. The van der Waals surface area contributed by atoms with Gasteiger partial charge in [0.05, 0.1) is 12.2 Å². The van der Waals surface area contributed by atoms with E-state index in [0.29, 0.717) is 12.0 Å². The van der Waals surface area contributed by atoms with Crippen molar-refractivity contribution in [2.75, 3.05) is 6.61 Å². The van der Waals surface area contributed by atoms with Gasteiger partial charge in [0.2, 0.25) is 0 Å². The maximum atomic E-state index is 9.70. The van der Waals surface area contributed by atoms with Gasteiger partial charge in [0.25, 0.3) is 0 Å². The topological polar surface area (TPSA) is 29.5 Å². The van der Waals surface area contributed by atoms with E-state index in [4.69, 9.17) is 4.74 Å². The van der Waals surface area contributed by atoms with E-state index in [2.05, 4.69) is 13.8 Å². The standard InChI is InChI=1S/C15H30O2/c1-3-4-5-6-8-13(2)17-12-11-14-9-7-10-15(14)16/h13-16H,3-12H2,1-2H3. The second-order valence-corrected chi connectivity index (χ2v) is 5.58. The van der Waals surface area contributed by atoms with E-state index < -0.39 is 0 Å². The molecule has 3 atom stereocenters. The quantitative estimate of drug-likeness (QED) is 0.621. The molecule has 0 radical (unpaired) electrons. The second kappa shape index (κ2) is 8.93. The first-order valence-corrected chi connectivity index (χ1v) is 7.53. The fourth-order valence-corrected chi connectivity index (χ4v) is 2.72. The summed E-state index contributed by atoms with van der Waals surface area (Å²) in [5.74, 6) is 0.502. The maximum Gasteiger partial charge on any atom is 0.0569 e. The molecule has 1 aliphatic rings. The van der Waals surface area contributed by atoms with Crippen LogP contribution in [0.5, 0.6) is 0 Å². The zero-order chi connectivity index (χ0) is 12.5. The molecule has 0 spiro atoms. The van der Waals surface area contributed by atoms with Crippen LogP contribution < -0.4 is 0 Å². The monoisotopic (exact) mass is 242 g/mol. The molecule has 0 aromatic rings. The molecular formula is C15H30O2. The van der Waals surface area contributed by atoms with E-state index in [1.54, 1.807) is 0 Å². The molecule has 1 saturated carbocycles. The minimum absolute atomic E-state index is 0.0570.